The van der Waals surface area contributed by atoms with Gasteiger partial charge in [-0.05, 0) is 39.5 Å². The summed E-state index contributed by atoms with van der Waals surface area (Å²) < 4.78 is 7.31. The van der Waals surface area contributed by atoms with Crippen LogP contribution in [0.4, 0.5) is 4.79 Å². The molecule has 2 atom stereocenters. The molecule has 1 saturated carbocycles. The number of aromatic nitrogens is 2. The average Bonchev–Trinajstić information content (AvgIpc) is 3.00. The molecule has 124 valence electrons. The molecule has 0 spiro atoms. The van der Waals surface area contributed by atoms with E-state index in [2.05, 4.69) is 15.6 Å². The van der Waals surface area contributed by atoms with E-state index >= 15 is 0 Å². The molecule has 0 saturated heterocycles. The van der Waals surface area contributed by atoms with Crippen LogP contribution in [0.3, 0.4) is 0 Å². The first-order chi connectivity index (χ1) is 10.3. The fourth-order valence-corrected chi connectivity index (χ4v) is 2.87. The van der Waals surface area contributed by atoms with Crippen LogP contribution in [0.15, 0.2) is 12.5 Å². The Balaban J connectivity index is 1.76. The zero-order valence-corrected chi connectivity index (χ0v) is 14.1. The normalized spacial score (nSPS) is 21.8. The molecular formula is C16H28N4O2. The highest BCUT2D eigenvalue weighted by Gasteiger charge is 2.28. The predicted molar refractivity (Wildman–Crippen MR) is 85.4 cm³/mol. The number of nitrogens with zero attached hydrogens (tertiary/aromatic N) is 2. The number of amides is 1. The summed E-state index contributed by atoms with van der Waals surface area (Å²) in [5, 5.41) is 6.49. The van der Waals surface area contributed by atoms with E-state index < -0.39 is 5.60 Å². The quantitative estimate of drug-likeness (QED) is 0.875. The minimum absolute atomic E-state index is 0.329. The van der Waals surface area contributed by atoms with Crippen molar-refractivity contribution in [2.45, 2.75) is 58.2 Å². The Hall–Kier alpha value is -1.56. The molecule has 0 radical (unpaired) electrons. The van der Waals surface area contributed by atoms with Gasteiger partial charge in [0, 0.05) is 32.4 Å². The van der Waals surface area contributed by atoms with Crippen LogP contribution in [0.25, 0.3) is 0 Å². The summed E-state index contributed by atoms with van der Waals surface area (Å²) in [5.74, 6) is 0.459. The Morgan fingerprint density at radius 1 is 1.45 bits per heavy atom. The largest absolute Gasteiger partial charge is 0.444 e. The van der Waals surface area contributed by atoms with Gasteiger partial charge in [-0.3, -0.25) is 0 Å². The highest BCUT2D eigenvalue weighted by Crippen LogP contribution is 2.25. The first-order valence-corrected chi connectivity index (χ1v) is 8.00. The number of ether oxygens (including phenoxy) is 1. The van der Waals surface area contributed by atoms with Gasteiger partial charge in [-0.1, -0.05) is 6.42 Å². The van der Waals surface area contributed by atoms with E-state index in [0.717, 1.165) is 19.4 Å². The third-order valence-corrected chi connectivity index (χ3v) is 4.03. The fourth-order valence-electron chi connectivity index (χ4n) is 2.87. The van der Waals surface area contributed by atoms with Crippen LogP contribution in [0.1, 0.15) is 45.7 Å². The molecule has 1 aromatic rings. The van der Waals surface area contributed by atoms with Crippen molar-refractivity contribution in [2.24, 2.45) is 13.0 Å². The molecule has 0 aliphatic heterocycles. The fraction of sp³-hybridized carbons (Fsp3) is 0.750. The van der Waals surface area contributed by atoms with Gasteiger partial charge < -0.3 is 19.9 Å². The van der Waals surface area contributed by atoms with Crippen LogP contribution in [-0.2, 0) is 18.3 Å². The molecule has 1 aliphatic carbocycles. The molecule has 22 heavy (non-hydrogen) atoms. The number of carbonyl (C=O) groups is 1. The Bertz CT molecular complexity index is 493. The monoisotopic (exact) mass is 308 g/mol. The lowest BCUT2D eigenvalue weighted by atomic mass is 10.0. The zero-order chi connectivity index (χ0) is 16.2. The molecule has 1 heterocycles. The van der Waals surface area contributed by atoms with Crippen molar-refractivity contribution >= 4 is 6.09 Å². The van der Waals surface area contributed by atoms with E-state index in [0.29, 0.717) is 18.5 Å². The van der Waals surface area contributed by atoms with Crippen molar-refractivity contribution in [3.8, 4) is 0 Å². The van der Waals surface area contributed by atoms with Gasteiger partial charge in [0.25, 0.3) is 0 Å². The van der Waals surface area contributed by atoms with Crippen LogP contribution in [0, 0.1) is 5.92 Å². The third-order valence-electron chi connectivity index (χ3n) is 4.03. The maximum absolute atomic E-state index is 11.7. The Morgan fingerprint density at radius 3 is 2.86 bits per heavy atom. The Labute approximate surface area is 132 Å². The second-order valence-corrected chi connectivity index (χ2v) is 7.06. The zero-order valence-electron chi connectivity index (χ0n) is 14.1. The number of imidazole rings is 1. The van der Waals surface area contributed by atoms with Gasteiger partial charge in [-0.25, -0.2) is 9.78 Å². The van der Waals surface area contributed by atoms with E-state index in [9.17, 15) is 4.79 Å². The van der Waals surface area contributed by atoms with E-state index in [-0.39, 0.29) is 6.09 Å². The predicted octanol–water partition coefficient (Wildman–Crippen LogP) is 2.20. The third kappa shape index (κ3) is 5.02. The number of aryl methyl sites for hydroxylation is 1. The van der Waals surface area contributed by atoms with Crippen LogP contribution < -0.4 is 10.6 Å². The number of carbonyl (C=O) groups excluding carboxylic acids is 1. The van der Waals surface area contributed by atoms with Gasteiger partial charge >= 0.3 is 6.09 Å². The van der Waals surface area contributed by atoms with E-state index in [4.69, 9.17) is 4.74 Å². The lowest BCUT2D eigenvalue weighted by Crippen LogP contribution is -2.41. The molecule has 2 N–H and O–H groups in total. The van der Waals surface area contributed by atoms with Gasteiger partial charge in [-0.15, -0.1) is 0 Å². The van der Waals surface area contributed by atoms with Gasteiger partial charge in [0.1, 0.15) is 5.60 Å². The standard InChI is InChI=1S/C16H28N4O2/c1-16(2,3)22-15(21)19-8-12-6-5-7-14(12)18-10-13-9-17-11-20(13)4/h9,11-12,14,18H,5-8,10H2,1-4H3,(H,19,21). The summed E-state index contributed by atoms with van der Waals surface area (Å²) in [4.78, 5) is 15.9. The first kappa shape index (κ1) is 16.8. The van der Waals surface area contributed by atoms with Crippen LogP contribution in [0.5, 0.6) is 0 Å². The molecule has 1 aliphatic rings. The second-order valence-electron chi connectivity index (χ2n) is 7.06. The minimum Gasteiger partial charge on any atom is -0.444 e. The molecular weight excluding hydrogens is 280 g/mol. The summed E-state index contributed by atoms with van der Waals surface area (Å²) in [7, 11) is 2.00. The van der Waals surface area contributed by atoms with Crippen molar-refractivity contribution in [2.75, 3.05) is 6.54 Å². The SMILES string of the molecule is Cn1cncc1CNC1CCCC1CNC(=O)OC(C)(C)C. The molecule has 0 bridgehead atoms. The van der Waals surface area contributed by atoms with Crippen molar-refractivity contribution in [1.82, 2.24) is 20.2 Å². The number of hydrogen-bond acceptors (Lipinski definition) is 4. The molecule has 6 nitrogen and oxygen atoms in total. The van der Waals surface area contributed by atoms with E-state index in [1.165, 1.54) is 12.1 Å². The Morgan fingerprint density at radius 2 is 2.23 bits per heavy atom. The van der Waals surface area contributed by atoms with Crippen molar-refractivity contribution < 1.29 is 9.53 Å². The smallest absolute Gasteiger partial charge is 0.407 e. The van der Waals surface area contributed by atoms with E-state index in [1.807, 2.05) is 44.9 Å². The number of alkyl carbamates (subject to hydrolysis) is 1. The maximum atomic E-state index is 11.7. The molecule has 6 heteroatoms. The lowest BCUT2D eigenvalue weighted by molar-refractivity contribution is 0.0517. The average molecular weight is 308 g/mol. The number of rotatable bonds is 5. The van der Waals surface area contributed by atoms with Gasteiger partial charge in [0.05, 0.1) is 12.0 Å². The maximum Gasteiger partial charge on any atom is 0.407 e. The first-order valence-electron chi connectivity index (χ1n) is 8.00. The topological polar surface area (TPSA) is 68.2 Å². The Kier molecular flexibility index (Phi) is 5.45. The van der Waals surface area contributed by atoms with Crippen molar-refractivity contribution in [3.05, 3.63) is 18.2 Å². The second kappa shape index (κ2) is 7.13. The van der Waals surface area contributed by atoms with Crippen LogP contribution >= 0.6 is 0 Å². The summed E-state index contributed by atoms with van der Waals surface area (Å²) >= 11 is 0. The van der Waals surface area contributed by atoms with Crippen molar-refractivity contribution in [1.29, 1.82) is 0 Å². The lowest BCUT2D eigenvalue weighted by Gasteiger charge is -2.23. The van der Waals surface area contributed by atoms with Crippen LogP contribution in [-0.4, -0.2) is 33.8 Å². The molecule has 1 amide bonds. The number of hydrogen-bond donors (Lipinski definition) is 2. The summed E-state index contributed by atoms with van der Waals surface area (Å²) in [5.41, 5.74) is 0.725. The molecule has 1 aromatic heterocycles. The summed E-state index contributed by atoms with van der Waals surface area (Å²) in [6, 6.07) is 0.435. The molecule has 2 rings (SSSR count). The molecule has 0 aromatic carbocycles. The van der Waals surface area contributed by atoms with E-state index in [1.54, 1.807) is 0 Å². The number of nitrogens with one attached hydrogen (secondary N) is 2. The summed E-state index contributed by atoms with van der Waals surface area (Å²) in [6.07, 6.45) is 6.86. The van der Waals surface area contributed by atoms with Crippen molar-refractivity contribution in [3.63, 3.8) is 0 Å². The van der Waals surface area contributed by atoms with Gasteiger partial charge in [-0.2, -0.15) is 0 Å². The van der Waals surface area contributed by atoms with Crippen LogP contribution in [0.2, 0.25) is 0 Å². The highest BCUT2D eigenvalue weighted by molar-refractivity contribution is 5.67. The molecule has 2 unspecified atom stereocenters. The molecule has 1 fully saturated rings. The minimum atomic E-state index is -0.447. The van der Waals surface area contributed by atoms with Gasteiger partial charge in [0.15, 0.2) is 0 Å². The highest BCUT2D eigenvalue weighted by atomic mass is 16.6. The van der Waals surface area contributed by atoms with Gasteiger partial charge in [0.2, 0.25) is 0 Å². The summed E-state index contributed by atoms with van der Waals surface area (Å²) in [6.45, 7) is 7.10.